The van der Waals surface area contributed by atoms with E-state index in [1.165, 1.54) is 11.0 Å². The molecule has 2 aromatic rings. The molecule has 1 aromatic carbocycles. The van der Waals surface area contributed by atoms with Crippen molar-refractivity contribution in [3.05, 3.63) is 54.8 Å². The molecule has 13 nitrogen and oxygen atoms in total. The molecule has 3 fully saturated rings. The summed E-state index contributed by atoms with van der Waals surface area (Å²) in [6.45, 7) is 5.79. The average molecular weight is 680 g/mol. The highest BCUT2D eigenvalue weighted by Crippen LogP contribution is 2.45. The Bertz CT molecular complexity index is 1760. The maximum Gasteiger partial charge on any atom is 0.407 e. The average Bonchev–Trinajstić information content (AvgIpc) is 3.99. The first kappa shape index (κ1) is 33.4. The summed E-state index contributed by atoms with van der Waals surface area (Å²) in [4.78, 5) is 60.1. The minimum absolute atomic E-state index is 0.00562. The molecule has 5 atom stereocenters. The van der Waals surface area contributed by atoms with Crippen molar-refractivity contribution in [3.8, 4) is 5.88 Å². The van der Waals surface area contributed by atoms with Crippen molar-refractivity contribution < 1.29 is 37.1 Å². The quantitative estimate of drug-likeness (QED) is 0.355. The maximum atomic E-state index is 14.1. The van der Waals surface area contributed by atoms with E-state index in [-0.39, 0.29) is 26.0 Å². The second-order valence-electron chi connectivity index (χ2n) is 12.9. The van der Waals surface area contributed by atoms with E-state index in [0.29, 0.717) is 44.4 Å². The van der Waals surface area contributed by atoms with Crippen LogP contribution in [0.5, 0.6) is 5.88 Å². The van der Waals surface area contributed by atoms with Gasteiger partial charge in [0.15, 0.2) is 0 Å². The summed E-state index contributed by atoms with van der Waals surface area (Å²) in [5.74, 6) is -2.11. The van der Waals surface area contributed by atoms with Crippen molar-refractivity contribution >= 4 is 50.7 Å². The van der Waals surface area contributed by atoms with Crippen molar-refractivity contribution in [2.75, 3.05) is 13.2 Å². The minimum Gasteiger partial charge on any atom is -0.472 e. The molecule has 4 bridgehead atoms. The number of rotatable bonds is 8. The third-order valence-corrected chi connectivity index (χ3v) is 11.2. The summed E-state index contributed by atoms with van der Waals surface area (Å²) in [7, 11) is -3.87. The number of amides is 4. The van der Waals surface area contributed by atoms with Crippen molar-refractivity contribution in [1.82, 2.24) is 25.2 Å². The number of allylic oxidation sites excluding steroid dienone is 1. The summed E-state index contributed by atoms with van der Waals surface area (Å²) in [6, 6.07) is 5.71. The standard InChI is InChI=1S/C34H41N5O8S/c1-3-8-27-31(41)39-20-24(18-28(39)29(40)37-34(19-23(34)4-2)32(42)38-48(44,45)25-12-13-25)47-30-26-17-21(10-11-22(26)14-15-35-30)9-6-5-7-16-46-33(43)36-27/h4,6,9-11,14-15,17,23-25,27-28H,2-3,5,7-8,12-13,16,18-20H2,1H3,(H,36,43)(H,37,40)(H,38,42)/b9-6+/t23-,24-,27+,28+,34?/m1/s1. The van der Waals surface area contributed by atoms with Gasteiger partial charge in [0.1, 0.15) is 23.7 Å². The van der Waals surface area contributed by atoms with Gasteiger partial charge in [0.25, 0.3) is 5.91 Å². The van der Waals surface area contributed by atoms with Crippen LogP contribution in [0.3, 0.4) is 0 Å². The fraction of sp³-hybridized carbons (Fsp3) is 0.500. The molecular weight excluding hydrogens is 638 g/mol. The zero-order valence-corrected chi connectivity index (χ0v) is 27.7. The number of benzene rings is 1. The Hall–Kier alpha value is -4.46. The lowest BCUT2D eigenvalue weighted by Gasteiger charge is -2.29. The Labute approximate surface area is 279 Å². The van der Waals surface area contributed by atoms with Crippen LogP contribution in [0.15, 0.2) is 49.2 Å². The van der Waals surface area contributed by atoms with Crippen LogP contribution in [-0.4, -0.2) is 84.2 Å². The van der Waals surface area contributed by atoms with E-state index in [2.05, 4.69) is 26.9 Å². The molecule has 1 saturated heterocycles. The summed E-state index contributed by atoms with van der Waals surface area (Å²) in [5.41, 5.74) is -0.594. The number of alkyl carbamates (subject to hydrolysis) is 1. The fourth-order valence-electron chi connectivity index (χ4n) is 6.42. The Morgan fingerprint density at radius 3 is 2.77 bits per heavy atom. The maximum absolute atomic E-state index is 14.1. The first-order valence-corrected chi connectivity index (χ1v) is 18.1. The van der Waals surface area contributed by atoms with Gasteiger partial charge in [-0.1, -0.05) is 43.7 Å². The molecule has 1 aromatic heterocycles. The van der Waals surface area contributed by atoms with Gasteiger partial charge in [0, 0.05) is 23.9 Å². The monoisotopic (exact) mass is 679 g/mol. The molecule has 256 valence electrons. The Morgan fingerprint density at radius 2 is 2.04 bits per heavy atom. The summed E-state index contributed by atoms with van der Waals surface area (Å²) in [5, 5.41) is 6.50. The summed E-state index contributed by atoms with van der Waals surface area (Å²) >= 11 is 0. The number of hydrogen-bond donors (Lipinski definition) is 3. The molecule has 1 unspecified atom stereocenters. The second-order valence-corrected chi connectivity index (χ2v) is 14.9. The summed E-state index contributed by atoms with van der Waals surface area (Å²) < 4.78 is 39.1. The predicted octanol–water partition coefficient (Wildman–Crippen LogP) is 2.95. The van der Waals surface area contributed by atoms with E-state index in [1.807, 2.05) is 43.3 Å². The SMILES string of the molecule is C=C[C@@H]1CC1(NC(=O)[C@@H]1C[C@@H]2CN1C(=O)[C@H](CCC)NC(=O)OCCC/C=C/c1ccc3ccnc(c3c1)O2)C(=O)NS(=O)(=O)C1CC1. The van der Waals surface area contributed by atoms with Crippen LogP contribution in [0.2, 0.25) is 0 Å². The highest BCUT2D eigenvalue weighted by Gasteiger charge is 2.62. The van der Waals surface area contributed by atoms with E-state index < -0.39 is 68.7 Å². The lowest BCUT2D eigenvalue weighted by molar-refractivity contribution is -0.141. The number of pyridine rings is 1. The molecule has 3 heterocycles. The zero-order valence-electron chi connectivity index (χ0n) is 26.9. The molecule has 4 amide bonds. The van der Waals surface area contributed by atoms with Crippen LogP contribution in [0, 0.1) is 5.92 Å². The second kappa shape index (κ2) is 13.6. The predicted molar refractivity (Wildman–Crippen MR) is 177 cm³/mol. The molecule has 2 aliphatic carbocycles. The number of fused-ring (bicyclic) bond motifs is 3. The Balaban J connectivity index is 1.31. The number of ether oxygens (including phenoxy) is 2. The molecule has 6 rings (SSSR count). The molecule has 4 aliphatic rings. The molecule has 14 heteroatoms. The Kier molecular flexibility index (Phi) is 9.46. The van der Waals surface area contributed by atoms with Crippen molar-refractivity contribution in [3.63, 3.8) is 0 Å². The highest BCUT2D eigenvalue weighted by atomic mass is 32.2. The van der Waals surface area contributed by atoms with Gasteiger partial charge < -0.3 is 25.0 Å². The topological polar surface area (TPSA) is 173 Å². The van der Waals surface area contributed by atoms with Gasteiger partial charge in [-0.05, 0) is 61.6 Å². The molecule has 0 spiro atoms. The lowest BCUT2D eigenvalue weighted by Crippen LogP contribution is -2.58. The molecule has 2 saturated carbocycles. The normalized spacial score (nSPS) is 28.3. The highest BCUT2D eigenvalue weighted by molar-refractivity contribution is 7.91. The van der Waals surface area contributed by atoms with Crippen LogP contribution in [0.25, 0.3) is 16.8 Å². The molecule has 0 radical (unpaired) electrons. The van der Waals surface area contributed by atoms with Gasteiger partial charge in [-0.25, -0.2) is 18.2 Å². The number of aromatic nitrogens is 1. The van der Waals surface area contributed by atoms with Crippen molar-refractivity contribution in [2.24, 2.45) is 5.92 Å². The zero-order chi connectivity index (χ0) is 34.1. The van der Waals surface area contributed by atoms with E-state index in [9.17, 15) is 27.6 Å². The van der Waals surface area contributed by atoms with E-state index in [0.717, 1.165) is 16.3 Å². The number of sulfonamides is 1. The number of nitrogens with one attached hydrogen (secondary N) is 3. The van der Waals surface area contributed by atoms with Gasteiger partial charge >= 0.3 is 6.09 Å². The number of carbonyl (C=O) groups is 4. The van der Waals surface area contributed by atoms with Gasteiger partial charge in [0.05, 0.1) is 18.4 Å². The van der Waals surface area contributed by atoms with Gasteiger partial charge in [-0.3, -0.25) is 19.1 Å². The fourth-order valence-corrected chi connectivity index (χ4v) is 7.79. The third kappa shape index (κ3) is 7.03. The first-order valence-electron chi connectivity index (χ1n) is 16.5. The smallest absolute Gasteiger partial charge is 0.407 e. The minimum atomic E-state index is -3.87. The number of carbonyl (C=O) groups excluding carboxylic acids is 4. The van der Waals surface area contributed by atoms with Crippen LogP contribution >= 0.6 is 0 Å². The molecule has 2 aliphatic heterocycles. The lowest BCUT2D eigenvalue weighted by atomic mass is 10.1. The van der Waals surface area contributed by atoms with E-state index in [4.69, 9.17) is 9.47 Å². The van der Waals surface area contributed by atoms with E-state index in [1.54, 1.807) is 6.20 Å². The van der Waals surface area contributed by atoms with Gasteiger partial charge in [0.2, 0.25) is 27.7 Å². The molecule has 48 heavy (non-hydrogen) atoms. The first-order chi connectivity index (χ1) is 23.0. The van der Waals surface area contributed by atoms with Crippen LogP contribution in [0.1, 0.15) is 63.9 Å². The number of nitrogens with zero attached hydrogens (tertiary/aromatic N) is 2. The number of hydrogen-bond acceptors (Lipinski definition) is 9. The Morgan fingerprint density at radius 1 is 1.23 bits per heavy atom. The van der Waals surface area contributed by atoms with E-state index >= 15 is 0 Å². The summed E-state index contributed by atoms with van der Waals surface area (Å²) in [6.07, 6.45) is 9.00. The van der Waals surface area contributed by atoms with Gasteiger partial charge in [-0.15, -0.1) is 6.58 Å². The van der Waals surface area contributed by atoms with Gasteiger partial charge in [-0.2, -0.15) is 0 Å². The largest absolute Gasteiger partial charge is 0.472 e. The molecular formula is C34H41N5O8S. The van der Waals surface area contributed by atoms with Crippen LogP contribution < -0.4 is 20.1 Å². The third-order valence-electron chi connectivity index (χ3n) is 9.36. The van der Waals surface area contributed by atoms with Crippen molar-refractivity contribution in [1.29, 1.82) is 0 Å². The number of cyclic esters (lactones) is 1. The van der Waals surface area contributed by atoms with Crippen molar-refractivity contribution in [2.45, 2.75) is 87.3 Å². The van der Waals surface area contributed by atoms with Crippen LogP contribution in [0.4, 0.5) is 4.79 Å². The van der Waals surface area contributed by atoms with Crippen LogP contribution in [-0.2, 0) is 29.1 Å². The molecule has 3 N–H and O–H groups in total.